The van der Waals surface area contributed by atoms with Gasteiger partial charge in [-0.2, -0.15) is 17.0 Å². The second-order valence-corrected chi connectivity index (χ2v) is 8.12. The van der Waals surface area contributed by atoms with Crippen LogP contribution in [-0.4, -0.2) is 53.8 Å². The zero-order valence-electron chi connectivity index (χ0n) is 12.7. The first-order valence-corrected chi connectivity index (χ1v) is 9.29. The van der Waals surface area contributed by atoms with E-state index < -0.39 is 16.2 Å². The number of nitrogens with zero attached hydrogens (tertiary/aromatic N) is 2. The van der Waals surface area contributed by atoms with Gasteiger partial charge in [0.15, 0.2) is 0 Å². The second-order valence-electron chi connectivity index (χ2n) is 6.24. The summed E-state index contributed by atoms with van der Waals surface area (Å²) in [6.07, 6.45) is 5.37. The fraction of sp³-hybridized carbons (Fsp3) is 0.929. The molecule has 0 saturated carbocycles. The van der Waals surface area contributed by atoms with Crippen LogP contribution in [0.5, 0.6) is 0 Å². The monoisotopic (exact) mass is 318 g/mol. The molecular formula is C14H26N2O4S. The van der Waals surface area contributed by atoms with E-state index in [0.29, 0.717) is 32.0 Å². The molecule has 1 unspecified atom stereocenters. The lowest BCUT2D eigenvalue weighted by Gasteiger charge is -2.39. The fourth-order valence-electron chi connectivity index (χ4n) is 3.32. The van der Waals surface area contributed by atoms with Crippen LogP contribution in [-0.2, 0) is 15.0 Å². The molecule has 0 bridgehead atoms. The molecule has 1 atom stereocenters. The van der Waals surface area contributed by atoms with Crippen molar-refractivity contribution >= 4 is 16.2 Å². The van der Waals surface area contributed by atoms with Crippen LogP contribution in [0, 0.1) is 5.92 Å². The molecule has 0 aliphatic carbocycles. The first-order chi connectivity index (χ1) is 9.91. The summed E-state index contributed by atoms with van der Waals surface area (Å²) in [5.41, 5.74) is 0. The summed E-state index contributed by atoms with van der Waals surface area (Å²) < 4.78 is 28.6. The average molecular weight is 318 g/mol. The van der Waals surface area contributed by atoms with Crippen molar-refractivity contribution in [1.29, 1.82) is 0 Å². The van der Waals surface area contributed by atoms with Gasteiger partial charge in [-0.1, -0.05) is 6.42 Å². The molecule has 7 heteroatoms. The van der Waals surface area contributed by atoms with E-state index in [1.807, 2.05) is 6.92 Å². The third kappa shape index (κ3) is 4.17. The molecule has 0 amide bonds. The van der Waals surface area contributed by atoms with E-state index in [4.69, 9.17) is 5.11 Å². The van der Waals surface area contributed by atoms with Gasteiger partial charge in [-0.15, -0.1) is 0 Å². The minimum absolute atomic E-state index is 0.0912. The fourth-order valence-corrected chi connectivity index (χ4v) is 5.21. The van der Waals surface area contributed by atoms with Crippen LogP contribution in [0.2, 0.25) is 0 Å². The highest BCUT2D eigenvalue weighted by molar-refractivity contribution is 7.86. The highest BCUT2D eigenvalue weighted by atomic mass is 32.2. The largest absolute Gasteiger partial charge is 0.481 e. The quantitative estimate of drug-likeness (QED) is 0.836. The summed E-state index contributed by atoms with van der Waals surface area (Å²) in [6.45, 7) is 3.66. The predicted molar refractivity (Wildman–Crippen MR) is 80.1 cm³/mol. The van der Waals surface area contributed by atoms with E-state index in [1.165, 1.54) is 0 Å². The van der Waals surface area contributed by atoms with Crippen LogP contribution in [0.1, 0.15) is 51.9 Å². The molecule has 2 fully saturated rings. The average Bonchev–Trinajstić information content (AvgIpc) is 2.46. The first-order valence-electron chi connectivity index (χ1n) is 7.90. The van der Waals surface area contributed by atoms with E-state index in [9.17, 15) is 13.2 Å². The van der Waals surface area contributed by atoms with Crippen LogP contribution < -0.4 is 0 Å². The molecule has 2 heterocycles. The van der Waals surface area contributed by atoms with Crippen LogP contribution >= 0.6 is 0 Å². The number of hydrogen-bond donors (Lipinski definition) is 1. The number of carbonyl (C=O) groups is 1. The molecule has 0 aromatic heterocycles. The van der Waals surface area contributed by atoms with Crippen molar-refractivity contribution in [2.24, 2.45) is 5.92 Å². The van der Waals surface area contributed by atoms with Crippen molar-refractivity contribution in [3.63, 3.8) is 0 Å². The molecular weight excluding hydrogens is 292 g/mol. The van der Waals surface area contributed by atoms with Gasteiger partial charge in [-0.25, -0.2) is 0 Å². The molecule has 2 saturated heterocycles. The third-order valence-corrected chi connectivity index (χ3v) is 6.86. The Labute approximate surface area is 127 Å². The van der Waals surface area contributed by atoms with Gasteiger partial charge in [-0.05, 0) is 44.9 Å². The number of aliphatic carboxylic acids is 1. The van der Waals surface area contributed by atoms with Crippen molar-refractivity contribution in [3.05, 3.63) is 0 Å². The molecule has 2 rings (SSSR count). The second kappa shape index (κ2) is 7.07. The molecule has 1 N–H and O–H groups in total. The highest BCUT2D eigenvalue weighted by Crippen LogP contribution is 2.27. The lowest BCUT2D eigenvalue weighted by atomic mass is 9.93. The topological polar surface area (TPSA) is 77.9 Å². The predicted octanol–water partition coefficient (Wildman–Crippen LogP) is 1.68. The van der Waals surface area contributed by atoms with E-state index in [0.717, 1.165) is 32.1 Å². The van der Waals surface area contributed by atoms with Crippen LogP contribution in [0.25, 0.3) is 0 Å². The van der Waals surface area contributed by atoms with Crippen molar-refractivity contribution in [1.82, 2.24) is 8.61 Å². The maximum absolute atomic E-state index is 12.7. The SMILES string of the molecule is CC1CCCCN1S(=O)(=O)N1CCC(CCC(=O)O)CC1. The minimum atomic E-state index is -3.34. The minimum Gasteiger partial charge on any atom is -0.481 e. The molecule has 21 heavy (non-hydrogen) atoms. The Balaban J connectivity index is 1.89. The van der Waals surface area contributed by atoms with E-state index in [2.05, 4.69) is 0 Å². The van der Waals surface area contributed by atoms with Crippen molar-refractivity contribution in [3.8, 4) is 0 Å². The zero-order chi connectivity index (χ0) is 15.5. The highest BCUT2D eigenvalue weighted by Gasteiger charge is 2.36. The number of rotatable bonds is 5. The van der Waals surface area contributed by atoms with Crippen molar-refractivity contribution in [2.75, 3.05) is 19.6 Å². The molecule has 6 nitrogen and oxygen atoms in total. The van der Waals surface area contributed by atoms with Crippen LogP contribution in [0.15, 0.2) is 0 Å². The first kappa shape index (κ1) is 16.7. The van der Waals surface area contributed by atoms with Gasteiger partial charge in [-0.3, -0.25) is 4.79 Å². The smallest absolute Gasteiger partial charge is 0.303 e. The van der Waals surface area contributed by atoms with E-state index in [-0.39, 0.29) is 12.5 Å². The molecule has 2 aliphatic heterocycles. The Morgan fingerprint density at radius 2 is 1.81 bits per heavy atom. The molecule has 0 radical (unpaired) electrons. The Morgan fingerprint density at radius 1 is 1.14 bits per heavy atom. The Bertz CT molecular complexity index is 458. The molecule has 2 aliphatic rings. The van der Waals surface area contributed by atoms with Gasteiger partial charge in [0, 0.05) is 32.1 Å². The number of piperidine rings is 2. The van der Waals surface area contributed by atoms with Gasteiger partial charge in [0.2, 0.25) is 0 Å². The molecule has 0 aromatic carbocycles. The van der Waals surface area contributed by atoms with Gasteiger partial charge in [0.25, 0.3) is 10.2 Å². The summed E-state index contributed by atoms with van der Waals surface area (Å²) >= 11 is 0. The van der Waals surface area contributed by atoms with Crippen molar-refractivity contribution < 1.29 is 18.3 Å². The standard InChI is InChI=1S/C14H26N2O4S/c1-12-4-2-3-9-16(12)21(19,20)15-10-7-13(8-11-15)5-6-14(17)18/h12-13H,2-11H2,1H3,(H,17,18). The Hall–Kier alpha value is -0.660. The number of hydrogen-bond acceptors (Lipinski definition) is 3. The van der Waals surface area contributed by atoms with Crippen LogP contribution in [0.3, 0.4) is 0 Å². The van der Waals surface area contributed by atoms with Crippen molar-refractivity contribution in [2.45, 2.75) is 57.9 Å². The van der Waals surface area contributed by atoms with Gasteiger partial charge in [0.1, 0.15) is 0 Å². The number of carboxylic acid groups (broad SMARTS) is 1. The van der Waals surface area contributed by atoms with E-state index in [1.54, 1.807) is 8.61 Å². The third-order valence-electron chi connectivity index (χ3n) is 4.70. The maximum atomic E-state index is 12.7. The lowest BCUT2D eigenvalue weighted by molar-refractivity contribution is -0.137. The Kier molecular flexibility index (Phi) is 5.62. The number of carboxylic acids is 1. The van der Waals surface area contributed by atoms with E-state index >= 15 is 0 Å². The molecule has 0 aromatic rings. The van der Waals surface area contributed by atoms with Gasteiger partial charge < -0.3 is 5.11 Å². The van der Waals surface area contributed by atoms with Gasteiger partial charge >= 0.3 is 5.97 Å². The molecule has 122 valence electrons. The lowest BCUT2D eigenvalue weighted by Crippen LogP contribution is -2.51. The Morgan fingerprint density at radius 3 is 2.38 bits per heavy atom. The summed E-state index contributed by atoms with van der Waals surface area (Å²) in [5.74, 6) is -0.432. The van der Waals surface area contributed by atoms with Crippen LogP contribution in [0.4, 0.5) is 0 Å². The summed E-state index contributed by atoms with van der Waals surface area (Å²) in [6, 6.07) is 0.0912. The normalized spacial score (nSPS) is 26.8. The summed E-state index contributed by atoms with van der Waals surface area (Å²) in [4.78, 5) is 10.6. The summed E-state index contributed by atoms with van der Waals surface area (Å²) in [7, 11) is -3.34. The maximum Gasteiger partial charge on any atom is 0.303 e. The zero-order valence-corrected chi connectivity index (χ0v) is 13.5. The van der Waals surface area contributed by atoms with Gasteiger partial charge in [0.05, 0.1) is 0 Å². The molecule has 0 spiro atoms. The summed E-state index contributed by atoms with van der Waals surface area (Å²) in [5, 5.41) is 8.71.